The summed E-state index contributed by atoms with van der Waals surface area (Å²) in [6.07, 6.45) is -0.805. The normalized spacial score (nSPS) is 6.62. The lowest BCUT2D eigenvalue weighted by Gasteiger charge is -1.89. The van der Waals surface area contributed by atoms with E-state index in [0.29, 0.717) is 0 Å². The summed E-state index contributed by atoms with van der Waals surface area (Å²) in [5, 5.41) is 0. The molecule has 0 spiro atoms. The zero-order valence-electron chi connectivity index (χ0n) is 3.98. The van der Waals surface area contributed by atoms with E-state index in [-0.39, 0.29) is 6.61 Å². The fourth-order valence-electron chi connectivity index (χ4n) is 0.134. The third kappa shape index (κ3) is 5.31. The average molecular weight is 178 g/mol. The summed E-state index contributed by atoms with van der Waals surface area (Å²) in [5.74, 6) is 2.42. The summed E-state index contributed by atoms with van der Waals surface area (Å²) in [6, 6.07) is 0. The predicted molar refractivity (Wildman–Crippen MR) is 32.2 cm³/mol. The average Bonchev–Trinajstić information content (AvgIpc) is 1.66. The van der Waals surface area contributed by atoms with E-state index in [9.17, 15) is 4.79 Å². The number of carbonyl (C=O) groups is 1. The van der Waals surface area contributed by atoms with Crippen molar-refractivity contribution in [1.29, 1.82) is 0 Å². The number of rotatable bonds is 1. The van der Waals surface area contributed by atoms with E-state index in [1.54, 1.807) is 0 Å². The minimum Gasteiger partial charge on any atom is -0.436 e. The maximum absolute atomic E-state index is 9.79. The Morgan fingerprint density at radius 1 is 1.88 bits per heavy atom. The summed E-state index contributed by atoms with van der Waals surface area (Å²) >= 11 is 2.81. The maximum atomic E-state index is 9.79. The molecule has 0 rings (SSSR count). The van der Waals surface area contributed by atoms with Crippen LogP contribution in [0.5, 0.6) is 0 Å². The molecule has 8 heavy (non-hydrogen) atoms. The van der Waals surface area contributed by atoms with Gasteiger partial charge in [0.25, 0.3) is 0 Å². The van der Waals surface area contributed by atoms with Gasteiger partial charge in [-0.3, -0.25) is 0 Å². The second-order valence-corrected chi connectivity index (χ2v) is 1.28. The second kappa shape index (κ2) is 4.47. The Morgan fingerprint density at radius 3 is 2.88 bits per heavy atom. The second-order valence-electron chi connectivity index (χ2n) is 0.879. The zero-order valence-corrected chi connectivity index (χ0v) is 5.56. The van der Waals surface area contributed by atoms with Crippen molar-refractivity contribution in [3.63, 3.8) is 0 Å². The maximum Gasteiger partial charge on any atom is 0.405 e. The number of carbonyl (C=O) groups excluding carboxylic acids is 1. The summed E-state index contributed by atoms with van der Waals surface area (Å²) < 4.78 is 4.22. The van der Waals surface area contributed by atoms with E-state index in [0.717, 1.165) is 0 Å². The van der Waals surface area contributed by atoms with E-state index in [1.165, 1.54) is 0 Å². The van der Waals surface area contributed by atoms with Crippen molar-refractivity contribution in [2.75, 3.05) is 6.61 Å². The van der Waals surface area contributed by atoms with Gasteiger partial charge < -0.3 is 10.5 Å². The van der Waals surface area contributed by atoms with Crippen LogP contribution >= 0.6 is 15.9 Å². The van der Waals surface area contributed by atoms with Gasteiger partial charge in [-0.1, -0.05) is 0 Å². The van der Waals surface area contributed by atoms with Crippen LogP contribution in [0.1, 0.15) is 0 Å². The Morgan fingerprint density at radius 2 is 2.50 bits per heavy atom. The molecule has 2 N–H and O–H groups in total. The summed E-state index contributed by atoms with van der Waals surface area (Å²) in [5.41, 5.74) is 4.59. The third-order valence-corrected chi connectivity index (χ3v) is 0.634. The summed E-state index contributed by atoms with van der Waals surface area (Å²) in [6.45, 7) is 0.0422. The molecule has 4 heteroatoms. The SMILES string of the molecule is NC(=O)OCC#CBr. The number of halogens is 1. The molecule has 0 bridgehead atoms. The van der Waals surface area contributed by atoms with E-state index in [1.807, 2.05) is 0 Å². The Bertz CT molecular complexity index is 135. The lowest BCUT2D eigenvalue weighted by atomic mass is 10.8. The van der Waals surface area contributed by atoms with Gasteiger partial charge in [-0.2, -0.15) is 0 Å². The number of ether oxygens (including phenoxy) is 1. The Labute approximate surface area is 55.3 Å². The van der Waals surface area contributed by atoms with Crippen molar-refractivity contribution in [2.45, 2.75) is 0 Å². The van der Waals surface area contributed by atoms with Crippen LogP contribution in [0.4, 0.5) is 4.79 Å². The highest BCUT2D eigenvalue weighted by Gasteiger charge is 1.85. The van der Waals surface area contributed by atoms with Crippen LogP contribution in [0.3, 0.4) is 0 Å². The van der Waals surface area contributed by atoms with Crippen LogP contribution in [-0.4, -0.2) is 12.7 Å². The predicted octanol–water partition coefficient (Wildman–Crippen LogP) is 0.438. The number of amides is 1. The lowest BCUT2D eigenvalue weighted by molar-refractivity contribution is 0.171. The van der Waals surface area contributed by atoms with Crippen molar-refractivity contribution in [3.8, 4) is 10.8 Å². The standard InChI is InChI=1S/C4H4BrNO2/c5-2-1-3-8-4(6)7/h3H2,(H2,6,7). The van der Waals surface area contributed by atoms with Gasteiger partial charge in [0.15, 0.2) is 6.61 Å². The van der Waals surface area contributed by atoms with Crippen molar-refractivity contribution in [3.05, 3.63) is 0 Å². The van der Waals surface area contributed by atoms with Crippen LogP contribution in [0.2, 0.25) is 0 Å². The molecular formula is C4H4BrNO2. The van der Waals surface area contributed by atoms with Gasteiger partial charge in [0.1, 0.15) is 0 Å². The number of nitrogens with two attached hydrogens (primary N) is 1. The Hall–Kier alpha value is -0.690. The molecule has 3 nitrogen and oxygen atoms in total. The van der Waals surface area contributed by atoms with Crippen LogP contribution in [0.25, 0.3) is 0 Å². The van der Waals surface area contributed by atoms with Crippen molar-refractivity contribution in [1.82, 2.24) is 0 Å². The van der Waals surface area contributed by atoms with Crippen molar-refractivity contribution >= 4 is 22.0 Å². The molecule has 0 aromatic rings. The molecule has 0 aliphatic rings. The Balaban J connectivity index is 3.14. The molecule has 0 radical (unpaired) electrons. The first kappa shape index (κ1) is 7.31. The van der Waals surface area contributed by atoms with E-state index >= 15 is 0 Å². The van der Waals surface area contributed by atoms with Gasteiger partial charge in [-0.15, -0.1) is 0 Å². The molecule has 0 saturated carbocycles. The highest BCUT2D eigenvalue weighted by molar-refractivity contribution is 9.12. The fourth-order valence-corrected chi connectivity index (χ4v) is 0.249. The molecule has 0 aromatic heterocycles. The van der Waals surface area contributed by atoms with Crippen LogP contribution < -0.4 is 5.73 Å². The first-order chi connectivity index (χ1) is 3.77. The molecule has 0 atom stereocenters. The number of primary amides is 1. The smallest absolute Gasteiger partial charge is 0.405 e. The van der Waals surface area contributed by atoms with E-state index < -0.39 is 6.09 Å². The van der Waals surface area contributed by atoms with E-state index in [2.05, 4.69) is 37.2 Å². The number of hydrogen-bond donors (Lipinski definition) is 1. The molecule has 0 aliphatic carbocycles. The van der Waals surface area contributed by atoms with Gasteiger partial charge in [-0.05, 0) is 10.8 Å². The Kier molecular flexibility index (Phi) is 4.08. The van der Waals surface area contributed by atoms with E-state index in [4.69, 9.17) is 0 Å². The topological polar surface area (TPSA) is 52.3 Å². The third-order valence-electron chi connectivity index (χ3n) is 0.353. The zero-order chi connectivity index (χ0) is 6.41. The molecule has 0 heterocycles. The van der Waals surface area contributed by atoms with Gasteiger partial charge in [0, 0.05) is 15.9 Å². The summed E-state index contributed by atoms with van der Waals surface area (Å²) in [7, 11) is 0. The number of hydrogen-bond acceptors (Lipinski definition) is 2. The van der Waals surface area contributed by atoms with Crippen molar-refractivity contribution in [2.24, 2.45) is 5.73 Å². The van der Waals surface area contributed by atoms with Crippen molar-refractivity contribution < 1.29 is 9.53 Å². The highest BCUT2D eigenvalue weighted by atomic mass is 79.9. The van der Waals surface area contributed by atoms with Gasteiger partial charge >= 0.3 is 6.09 Å². The first-order valence-electron chi connectivity index (χ1n) is 1.78. The summed E-state index contributed by atoms with van der Waals surface area (Å²) in [4.78, 5) is 12.1. The molecule has 1 amide bonds. The highest BCUT2D eigenvalue weighted by Crippen LogP contribution is 1.72. The van der Waals surface area contributed by atoms with Gasteiger partial charge in [-0.25, -0.2) is 4.79 Å². The molecule has 0 unspecified atom stereocenters. The molecule has 0 aliphatic heterocycles. The minimum atomic E-state index is -0.805. The molecule has 0 fully saturated rings. The quantitative estimate of drug-likeness (QED) is 0.592. The molecule has 44 valence electrons. The fraction of sp³-hybridized carbons (Fsp3) is 0.250. The monoisotopic (exact) mass is 177 g/mol. The molecule has 0 aromatic carbocycles. The molecule has 0 saturated heterocycles. The first-order valence-corrected chi connectivity index (χ1v) is 2.57. The minimum absolute atomic E-state index is 0.0422. The molecular weight excluding hydrogens is 174 g/mol. The van der Waals surface area contributed by atoms with Crippen LogP contribution in [0, 0.1) is 10.8 Å². The lowest BCUT2D eigenvalue weighted by Crippen LogP contribution is -2.12. The van der Waals surface area contributed by atoms with Gasteiger partial charge in [0.2, 0.25) is 0 Å². The van der Waals surface area contributed by atoms with Crippen LogP contribution in [-0.2, 0) is 4.74 Å². The largest absolute Gasteiger partial charge is 0.436 e. The van der Waals surface area contributed by atoms with Crippen LogP contribution in [0.15, 0.2) is 0 Å². The van der Waals surface area contributed by atoms with Gasteiger partial charge in [0.05, 0.1) is 0 Å².